The minimum Gasteiger partial charge on any atom is -0.351 e. The molecule has 0 aliphatic carbocycles. The molecular weight excluding hydrogens is 362 g/mol. The van der Waals surface area contributed by atoms with Gasteiger partial charge in [-0.15, -0.1) is 0 Å². The third-order valence-corrected chi connectivity index (χ3v) is 5.64. The summed E-state index contributed by atoms with van der Waals surface area (Å²) in [6, 6.07) is 5.27. The first-order valence-electron chi connectivity index (χ1n) is 7.84. The fourth-order valence-corrected chi connectivity index (χ4v) is 4.15. The van der Waals surface area contributed by atoms with E-state index in [0.717, 1.165) is 0 Å². The van der Waals surface area contributed by atoms with E-state index in [0.29, 0.717) is 12.0 Å². The number of carbonyl (C=O) groups is 2. The van der Waals surface area contributed by atoms with Crippen molar-refractivity contribution in [1.82, 2.24) is 10.2 Å². The molecule has 1 aliphatic rings. The number of nitrogens with one attached hydrogen (secondary N) is 1. The Labute approximate surface area is 150 Å². The highest BCUT2D eigenvalue weighted by molar-refractivity contribution is 7.91. The van der Waals surface area contributed by atoms with Gasteiger partial charge in [0.25, 0.3) is 5.69 Å². The zero-order valence-electron chi connectivity index (χ0n) is 14.1. The first-order chi connectivity index (χ1) is 12.2. The molecule has 0 spiro atoms. The summed E-state index contributed by atoms with van der Waals surface area (Å²) < 4.78 is 22.7. The molecule has 140 valence electrons. The molecule has 1 atom stereocenters. The summed E-state index contributed by atoms with van der Waals surface area (Å²) in [5, 5.41) is 13.2. The van der Waals surface area contributed by atoms with E-state index in [1.807, 2.05) is 0 Å². The predicted molar refractivity (Wildman–Crippen MR) is 95.0 cm³/mol. The minimum absolute atomic E-state index is 0.0452. The Balaban J connectivity index is 1.84. The fraction of sp³-hybridized carbons (Fsp3) is 0.375. The molecule has 1 aromatic carbocycles. The van der Waals surface area contributed by atoms with Crippen LogP contribution >= 0.6 is 0 Å². The highest BCUT2D eigenvalue weighted by Gasteiger charge is 2.29. The lowest BCUT2D eigenvalue weighted by molar-refractivity contribution is -0.384. The van der Waals surface area contributed by atoms with Gasteiger partial charge in [0.15, 0.2) is 9.84 Å². The smallest absolute Gasteiger partial charge is 0.269 e. The van der Waals surface area contributed by atoms with Crippen LogP contribution in [-0.2, 0) is 19.4 Å². The van der Waals surface area contributed by atoms with Crippen LogP contribution in [0.15, 0.2) is 30.3 Å². The van der Waals surface area contributed by atoms with Gasteiger partial charge in [0.1, 0.15) is 0 Å². The Morgan fingerprint density at radius 1 is 1.35 bits per heavy atom. The van der Waals surface area contributed by atoms with Crippen molar-refractivity contribution in [3.8, 4) is 0 Å². The number of rotatable bonds is 6. The van der Waals surface area contributed by atoms with Gasteiger partial charge in [-0.1, -0.05) is 0 Å². The van der Waals surface area contributed by atoms with E-state index in [4.69, 9.17) is 0 Å². The van der Waals surface area contributed by atoms with Crippen LogP contribution in [0.4, 0.5) is 5.69 Å². The lowest BCUT2D eigenvalue weighted by atomic mass is 10.2. The minimum atomic E-state index is -3.08. The zero-order chi connectivity index (χ0) is 19.3. The van der Waals surface area contributed by atoms with Crippen molar-refractivity contribution < 1.29 is 22.9 Å². The van der Waals surface area contributed by atoms with E-state index >= 15 is 0 Å². The molecule has 1 fully saturated rings. The van der Waals surface area contributed by atoms with Crippen LogP contribution < -0.4 is 5.32 Å². The Morgan fingerprint density at radius 3 is 2.54 bits per heavy atom. The second kappa shape index (κ2) is 8.09. The van der Waals surface area contributed by atoms with Crippen molar-refractivity contribution >= 4 is 33.4 Å². The van der Waals surface area contributed by atoms with Crippen LogP contribution in [-0.4, -0.2) is 61.2 Å². The SMILES string of the molecule is CN(CC(=O)NC1CCS(=O)(=O)C1)C(=O)/C=C/c1ccc([N+](=O)[O-])cc1. The van der Waals surface area contributed by atoms with Crippen LogP contribution in [0.2, 0.25) is 0 Å². The van der Waals surface area contributed by atoms with Crippen LogP contribution in [0, 0.1) is 10.1 Å². The molecule has 1 saturated heterocycles. The van der Waals surface area contributed by atoms with Gasteiger partial charge in [-0.3, -0.25) is 19.7 Å². The quantitative estimate of drug-likeness (QED) is 0.431. The lowest BCUT2D eigenvalue weighted by Crippen LogP contribution is -2.42. The molecule has 0 saturated carbocycles. The number of hydrogen-bond donors (Lipinski definition) is 1. The summed E-state index contributed by atoms with van der Waals surface area (Å²) in [7, 11) is -1.63. The Bertz CT molecular complexity index is 832. The summed E-state index contributed by atoms with van der Waals surface area (Å²) in [5.41, 5.74) is 0.564. The molecule has 9 nitrogen and oxygen atoms in total. The molecule has 26 heavy (non-hydrogen) atoms. The number of benzene rings is 1. The zero-order valence-corrected chi connectivity index (χ0v) is 14.9. The molecule has 1 aromatic rings. The van der Waals surface area contributed by atoms with Crippen LogP contribution in [0.1, 0.15) is 12.0 Å². The lowest BCUT2D eigenvalue weighted by Gasteiger charge is -2.17. The predicted octanol–water partition coefficient (Wildman–Crippen LogP) is 0.370. The Kier molecular flexibility index (Phi) is 6.09. The van der Waals surface area contributed by atoms with Crippen molar-refractivity contribution in [2.45, 2.75) is 12.5 Å². The molecule has 2 rings (SSSR count). The summed E-state index contributed by atoms with van der Waals surface area (Å²) >= 11 is 0. The van der Waals surface area contributed by atoms with E-state index in [1.54, 1.807) is 0 Å². The third kappa shape index (κ3) is 5.66. The molecule has 10 heteroatoms. The van der Waals surface area contributed by atoms with E-state index in [2.05, 4.69) is 5.32 Å². The van der Waals surface area contributed by atoms with E-state index in [-0.39, 0.29) is 23.7 Å². The van der Waals surface area contributed by atoms with Gasteiger partial charge in [-0.05, 0) is 30.2 Å². The molecule has 0 radical (unpaired) electrons. The average molecular weight is 381 g/mol. The molecule has 0 bridgehead atoms. The third-order valence-electron chi connectivity index (χ3n) is 3.88. The molecule has 2 amide bonds. The number of non-ortho nitro benzene ring substituents is 1. The summed E-state index contributed by atoms with van der Waals surface area (Å²) in [5.74, 6) is -0.856. The molecule has 1 heterocycles. The highest BCUT2D eigenvalue weighted by Crippen LogP contribution is 2.13. The first-order valence-corrected chi connectivity index (χ1v) is 9.66. The summed E-state index contributed by atoms with van der Waals surface area (Å²) in [4.78, 5) is 35.2. The van der Waals surface area contributed by atoms with Gasteiger partial charge in [0.05, 0.1) is 23.0 Å². The number of amides is 2. The highest BCUT2D eigenvalue weighted by atomic mass is 32.2. The van der Waals surface area contributed by atoms with Crippen molar-refractivity contribution in [1.29, 1.82) is 0 Å². The normalized spacial score (nSPS) is 18.6. The number of hydrogen-bond acceptors (Lipinski definition) is 6. The van der Waals surface area contributed by atoms with Crippen LogP contribution in [0.3, 0.4) is 0 Å². The molecule has 1 N–H and O–H groups in total. The first kappa shape index (κ1) is 19.6. The summed E-state index contributed by atoms with van der Waals surface area (Å²) in [6.07, 6.45) is 3.13. The van der Waals surface area contributed by atoms with Crippen molar-refractivity contribution in [3.05, 3.63) is 46.0 Å². The second-order valence-electron chi connectivity index (χ2n) is 6.04. The maximum absolute atomic E-state index is 12.0. The van der Waals surface area contributed by atoms with Crippen molar-refractivity contribution in [2.75, 3.05) is 25.1 Å². The molecular formula is C16H19N3O6S. The van der Waals surface area contributed by atoms with Gasteiger partial charge in [-0.25, -0.2) is 8.42 Å². The maximum Gasteiger partial charge on any atom is 0.269 e. The fourth-order valence-electron chi connectivity index (χ4n) is 2.48. The number of nitro benzene ring substituents is 1. The van der Waals surface area contributed by atoms with Gasteiger partial charge < -0.3 is 10.2 Å². The Hall–Kier alpha value is -2.75. The van der Waals surface area contributed by atoms with Crippen LogP contribution in [0.5, 0.6) is 0 Å². The number of nitro groups is 1. The van der Waals surface area contributed by atoms with E-state index < -0.39 is 32.6 Å². The van der Waals surface area contributed by atoms with Crippen molar-refractivity contribution in [2.24, 2.45) is 0 Å². The standard InChI is InChI=1S/C16H19N3O6S/c1-18(10-15(20)17-13-8-9-26(24,25)11-13)16(21)7-4-12-2-5-14(6-3-12)19(22)23/h2-7,13H,8-11H2,1H3,(H,17,20)/b7-4+. The molecule has 1 aliphatic heterocycles. The Morgan fingerprint density at radius 2 is 2.00 bits per heavy atom. The van der Waals surface area contributed by atoms with Gasteiger partial charge in [-0.2, -0.15) is 0 Å². The number of likely N-dealkylation sites (N-methyl/N-ethyl adjacent to an activating group) is 1. The topological polar surface area (TPSA) is 127 Å². The monoisotopic (exact) mass is 381 g/mol. The molecule has 1 unspecified atom stereocenters. The number of nitrogens with zero attached hydrogens (tertiary/aromatic N) is 2. The maximum atomic E-state index is 12.0. The van der Waals surface area contributed by atoms with Crippen LogP contribution in [0.25, 0.3) is 6.08 Å². The second-order valence-corrected chi connectivity index (χ2v) is 8.27. The summed E-state index contributed by atoms with van der Waals surface area (Å²) in [6.45, 7) is -0.194. The molecule has 0 aromatic heterocycles. The van der Waals surface area contributed by atoms with Gasteiger partial charge >= 0.3 is 0 Å². The van der Waals surface area contributed by atoms with E-state index in [9.17, 15) is 28.1 Å². The number of sulfone groups is 1. The average Bonchev–Trinajstić information content (AvgIpc) is 2.91. The van der Waals surface area contributed by atoms with Gasteiger partial charge in [0.2, 0.25) is 11.8 Å². The number of carbonyl (C=O) groups excluding carboxylic acids is 2. The van der Waals surface area contributed by atoms with Crippen molar-refractivity contribution in [3.63, 3.8) is 0 Å². The van der Waals surface area contributed by atoms with E-state index in [1.165, 1.54) is 48.4 Å². The van der Waals surface area contributed by atoms with Gasteiger partial charge in [0, 0.05) is 31.3 Å². The largest absolute Gasteiger partial charge is 0.351 e.